The molecule has 2 heterocycles. The predicted molar refractivity (Wildman–Crippen MR) is 91.8 cm³/mol. The number of aromatic nitrogens is 1. The van der Waals surface area contributed by atoms with Crippen LogP contribution in [0.3, 0.4) is 0 Å². The lowest BCUT2D eigenvalue weighted by atomic mass is 10.1. The van der Waals surface area contributed by atoms with E-state index >= 15 is 0 Å². The fourth-order valence-corrected chi connectivity index (χ4v) is 2.44. The first-order valence-corrected chi connectivity index (χ1v) is 7.56. The number of nitrogens with two attached hydrogens (primary N) is 1. The average Bonchev–Trinajstić information content (AvgIpc) is 3.03. The minimum Gasteiger partial charge on any atom is -0.368 e. The highest BCUT2D eigenvalue weighted by Gasteiger charge is 2.34. The van der Waals surface area contributed by atoms with Crippen LogP contribution in [0.1, 0.15) is 6.42 Å². The van der Waals surface area contributed by atoms with Gasteiger partial charge < -0.3 is 11.1 Å². The summed E-state index contributed by atoms with van der Waals surface area (Å²) in [6, 6.07) is 11.6. The molecule has 1 aliphatic heterocycles. The van der Waals surface area contributed by atoms with E-state index in [1.54, 1.807) is 24.3 Å². The van der Waals surface area contributed by atoms with Gasteiger partial charge in [0.1, 0.15) is 17.6 Å². The van der Waals surface area contributed by atoms with Crippen molar-refractivity contribution in [3.63, 3.8) is 0 Å². The molecule has 1 aromatic carbocycles. The second-order valence-corrected chi connectivity index (χ2v) is 5.60. The normalized spacial score (nSPS) is 16.6. The molecule has 0 fully saturated rings. The Bertz CT molecular complexity index is 792. The first kappa shape index (κ1) is 15.9. The monoisotopic (exact) mass is 343 g/mol. The standard InChI is InChI=1S/C16H14ClN5O2/c17-10-6-7-14(19-9-10)20-16(24)12-8-13(15(18)23)22(21-12)11-4-2-1-3-5-11/h1-7,9,13H,8H2,(H2,18,23)(H,19,20,24)/t13-/m1/s1. The van der Waals surface area contributed by atoms with E-state index in [2.05, 4.69) is 15.4 Å². The SMILES string of the molecule is NC(=O)[C@H]1CC(C(=O)Nc2ccc(Cl)cn2)=NN1c1ccccc1. The van der Waals surface area contributed by atoms with Crippen molar-refractivity contribution >= 4 is 40.6 Å². The molecule has 122 valence electrons. The van der Waals surface area contributed by atoms with E-state index in [4.69, 9.17) is 17.3 Å². The molecule has 0 bridgehead atoms. The number of nitrogens with one attached hydrogen (secondary N) is 1. The maximum Gasteiger partial charge on any atom is 0.273 e. The third-order valence-electron chi connectivity index (χ3n) is 3.49. The first-order chi connectivity index (χ1) is 11.5. The number of halogens is 1. The number of hydrogen-bond donors (Lipinski definition) is 2. The van der Waals surface area contributed by atoms with Gasteiger partial charge >= 0.3 is 0 Å². The third-order valence-corrected chi connectivity index (χ3v) is 3.71. The molecule has 0 unspecified atom stereocenters. The van der Waals surface area contributed by atoms with Crippen LogP contribution >= 0.6 is 11.6 Å². The summed E-state index contributed by atoms with van der Waals surface area (Å²) in [7, 11) is 0. The van der Waals surface area contributed by atoms with Crippen LogP contribution < -0.4 is 16.1 Å². The lowest BCUT2D eigenvalue weighted by Crippen LogP contribution is -2.39. The Kier molecular flexibility index (Phi) is 4.43. The molecule has 0 radical (unpaired) electrons. The molecule has 2 aromatic rings. The van der Waals surface area contributed by atoms with E-state index in [0.29, 0.717) is 16.5 Å². The van der Waals surface area contributed by atoms with Crippen molar-refractivity contribution in [1.29, 1.82) is 0 Å². The molecule has 0 saturated carbocycles. The number of para-hydroxylation sites is 1. The molecule has 0 spiro atoms. The predicted octanol–water partition coefficient (Wildman–Crippen LogP) is 1.79. The van der Waals surface area contributed by atoms with Crippen molar-refractivity contribution in [3.8, 4) is 0 Å². The molecule has 1 aliphatic rings. The number of carbonyl (C=O) groups excluding carboxylic acids is 2. The smallest absolute Gasteiger partial charge is 0.273 e. The van der Waals surface area contributed by atoms with Gasteiger partial charge in [-0.25, -0.2) is 4.98 Å². The number of pyridine rings is 1. The van der Waals surface area contributed by atoms with E-state index in [1.165, 1.54) is 11.2 Å². The van der Waals surface area contributed by atoms with Crippen molar-refractivity contribution in [2.45, 2.75) is 12.5 Å². The van der Waals surface area contributed by atoms with Gasteiger partial charge in [-0.15, -0.1) is 0 Å². The van der Waals surface area contributed by atoms with Gasteiger partial charge in [-0.05, 0) is 24.3 Å². The molecule has 1 atom stereocenters. The molecule has 7 nitrogen and oxygen atoms in total. The summed E-state index contributed by atoms with van der Waals surface area (Å²) in [4.78, 5) is 28.0. The molecule has 2 amide bonds. The number of nitrogens with zero attached hydrogens (tertiary/aromatic N) is 3. The zero-order valence-corrected chi connectivity index (χ0v) is 13.3. The Hall–Kier alpha value is -2.93. The van der Waals surface area contributed by atoms with Crippen molar-refractivity contribution in [3.05, 3.63) is 53.7 Å². The first-order valence-electron chi connectivity index (χ1n) is 7.18. The summed E-state index contributed by atoms with van der Waals surface area (Å²) in [6.07, 6.45) is 1.56. The van der Waals surface area contributed by atoms with E-state index in [9.17, 15) is 9.59 Å². The fraction of sp³-hybridized carbons (Fsp3) is 0.125. The van der Waals surface area contributed by atoms with Gasteiger partial charge in [0.25, 0.3) is 5.91 Å². The second kappa shape index (κ2) is 6.67. The topological polar surface area (TPSA) is 101 Å². The van der Waals surface area contributed by atoms with E-state index in [-0.39, 0.29) is 12.1 Å². The molecule has 3 rings (SSSR count). The van der Waals surface area contributed by atoms with Gasteiger partial charge in [0.15, 0.2) is 0 Å². The third kappa shape index (κ3) is 3.36. The maximum atomic E-state index is 12.4. The van der Waals surface area contributed by atoms with Crippen molar-refractivity contribution in [2.24, 2.45) is 10.8 Å². The number of rotatable bonds is 4. The van der Waals surface area contributed by atoms with Gasteiger partial charge in [-0.3, -0.25) is 14.6 Å². The minimum atomic E-state index is -0.702. The summed E-state index contributed by atoms with van der Waals surface area (Å²) in [6.45, 7) is 0. The lowest BCUT2D eigenvalue weighted by Gasteiger charge is -2.20. The number of anilines is 2. The highest BCUT2D eigenvalue weighted by molar-refractivity contribution is 6.44. The van der Waals surface area contributed by atoms with Crippen LogP contribution in [0.2, 0.25) is 5.02 Å². The highest BCUT2D eigenvalue weighted by atomic mass is 35.5. The Balaban J connectivity index is 1.81. The molecule has 3 N–H and O–H groups in total. The minimum absolute atomic E-state index is 0.129. The molecule has 8 heteroatoms. The largest absolute Gasteiger partial charge is 0.368 e. The van der Waals surface area contributed by atoms with Crippen molar-refractivity contribution < 1.29 is 9.59 Å². The van der Waals surface area contributed by atoms with E-state index in [1.807, 2.05) is 18.2 Å². The maximum absolute atomic E-state index is 12.4. The number of amides is 2. The number of benzene rings is 1. The molecule has 0 saturated heterocycles. The number of hydrogen-bond acceptors (Lipinski definition) is 5. The van der Waals surface area contributed by atoms with Crippen LogP contribution in [0.25, 0.3) is 0 Å². The fourth-order valence-electron chi connectivity index (χ4n) is 2.33. The number of carbonyl (C=O) groups is 2. The van der Waals surface area contributed by atoms with E-state index < -0.39 is 17.9 Å². The molecule has 1 aromatic heterocycles. The number of primary amides is 1. The second-order valence-electron chi connectivity index (χ2n) is 5.16. The van der Waals surface area contributed by atoms with E-state index in [0.717, 1.165) is 0 Å². The zero-order chi connectivity index (χ0) is 17.1. The van der Waals surface area contributed by atoms with Gasteiger partial charge in [0.05, 0.1) is 10.7 Å². The summed E-state index contributed by atoms with van der Waals surface area (Å²) >= 11 is 5.76. The molecular formula is C16H14ClN5O2. The summed E-state index contributed by atoms with van der Waals surface area (Å²) in [5.41, 5.74) is 6.34. The highest BCUT2D eigenvalue weighted by Crippen LogP contribution is 2.24. The van der Waals surface area contributed by atoms with Crippen molar-refractivity contribution in [2.75, 3.05) is 10.3 Å². The Morgan fingerprint density at radius 1 is 1.21 bits per heavy atom. The quantitative estimate of drug-likeness (QED) is 0.883. The summed E-state index contributed by atoms with van der Waals surface area (Å²) in [5.74, 6) is -0.634. The summed E-state index contributed by atoms with van der Waals surface area (Å²) in [5, 5.41) is 8.81. The van der Waals surface area contributed by atoms with Gasteiger partial charge in [0.2, 0.25) is 5.91 Å². The van der Waals surface area contributed by atoms with Gasteiger partial charge in [-0.2, -0.15) is 5.10 Å². The van der Waals surface area contributed by atoms with Gasteiger partial charge in [-0.1, -0.05) is 29.8 Å². The number of hydrazone groups is 1. The van der Waals surface area contributed by atoms with Crippen LogP contribution in [-0.2, 0) is 9.59 Å². The van der Waals surface area contributed by atoms with Crippen LogP contribution in [0.15, 0.2) is 53.8 Å². The molecular weight excluding hydrogens is 330 g/mol. The Morgan fingerprint density at radius 2 is 1.96 bits per heavy atom. The van der Waals surface area contributed by atoms with Crippen LogP contribution in [0.4, 0.5) is 11.5 Å². The Morgan fingerprint density at radius 3 is 2.58 bits per heavy atom. The van der Waals surface area contributed by atoms with Gasteiger partial charge in [0, 0.05) is 12.6 Å². The van der Waals surface area contributed by atoms with Crippen LogP contribution in [-0.4, -0.2) is 28.6 Å². The average molecular weight is 344 g/mol. The lowest BCUT2D eigenvalue weighted by molar-refractivity contribution is -0.119. The molecule has 24 heavy (non-hydrogen) atoms. The van der Waals surface area contributed by atoms with Crippen LogP contribution in [0.5, 0.6) is 0 Å². The Labute approximate surface area is 143 Å². The van der Waals surface area contributed by atoms with Crippen molar-refractivity contribution in [1.82, 2.24) is 4.98 Å². The summed E-state index contributed by atoms with van der Waals surface area (Å²) < 4.78 is 0. The zero-order valence-electron chi connectivity index (χ0n) is 12.5. The molecule has 0 aliphatic carbocycles. The van der Waals surface area contributed by atoms with Crippen LogP contribution in [0, 0.1) is 0 Å².